The van der Waals surface area contributed by atoms with Crippen LogP contribution in [0.5, 0.6) is 23.0 Å². The van der Waals surface area contributed by atoms with Crippen LogP contribution in [0.4, 0.5) is 4.39 Å². The van der Waals surface area contributed by atoms with Gasteiger partial charge in [0.25, 0.3) is 11.7 Å². The molecule has 1 unspecified atom stereocenters. The van der Waals surface area contributed by atoms with Crippen LogP contribution in [0, 0.1) is 5.82 Å². The van der Waals surface area contributed by atoms with Gasteiger partial charge in [0.05, 0.1) is 45.6 Å². The zero-order valence-electron chi connectivity index (χ0n) is 20.6. The molecule has 0 radical (unpaired) electrons. The van der Waals surface area contributed by atoms with Crippen LogP contribution < -0.4 is 18.9 Å². The van der Waals surface area contributed by atoms with E-state index in [4.69, 9.17) is 18.9 Å². The zero-order valence-corrected chi connectivity index (χ0v) is 20.6. The van der Waals surface area contributed by atoms with Crippen molar-refractivity contribution < 1.29 is 38.0 Å². The molecule has 1 amide bonds. The highest BCUT2D eigenvalue weighted by molar-refractivity contribution is 6.46. The Morgan fingerprint density at radius 2 is 1.54 bits per heavy atom. The number of halogens is 1. The van der Waals surface area contributed by atoms with Crippen LogP contribution in [0.25, 0.3) is 5.76 Å². The standard InChI is InChI=1S/C27H25FN2O7/c1-34-19-6-5-17(28)13-18(19)24(31)22-23(16-11-20(35-2)26(37-4)21(12-16)36-3)30(27(33)25(22)32)14-15-7-9-29-10-8-15/h5-13,23,31H,14H2,1-4H3/b24-22+. The normalized spacial score (nSPS) is 16.6. The summed E-state index contributed by atoms with van der Waals surface area (Å²) in [4.78, 5) is 32.0. The van der Waals surface area contributed by atoms with Crippen LogP contribution in [0.15, 0.2) is 60.4 Å². The lowest BCUT2D eigenvalue weighted by molar-refractivity contribution is -0.140. The lowest BCUT2D eigenvalue weighted by Gasteiger charge is -2.26. The van der Waals surface area contributed by atoms with Crippen LogP contribution in [-0.2, 0) is 16.1 Å². The minimum atomic E-state index is -1.07. The maximum Gasteiger partial charge on any atom is 0.295 e. The van der Waals surface area contributed by atoms with E-state index in [1.54, 1.807) is 36.7 Å². The summed E-state index contributed by atoms with van der Waals surface area (Å²) in [6.45, 7) is 0.0332. The van der Waals surface area contributed by atoms with Gasteiger partial charge in [0, 0.05) is 18.9 Å². The Hall–Kier alpha value is -4.60. The van der Waals surface area contributed by atoms with Gasteiger partial charge in [-0.25, -0.2) is 4.39 Å². The maximum absolute atomic E-state index is 14.2. The van der Waals surface area contributed by atoms with E-state index in [1.807, 2.05) is 0 Å². The number of rotatable bonds is 8. The molecule has 0 saturated carbocycles. The minimum Gasteiger partial charge on any atom is -0.507 e. The molecular formula is C27H25FN2O7. The molecule has 2 aromatic carbocycles. The molecule has 37 heavy (non-hydrogen) atoms. The van der Waals surface area contributed by atoms with Crippen molar-refractivity contribution in [2.24, 2.45) is 0 Å². The van der Waals surface area contributed by atoms with E-state index in [2.05, 4.69) is 4.98 Å². The van der Waals surface area contributed by atoms with Crippen molar-refractivity contribution in [1.82, 2.24) is 9.88 Å². The molecule has 2 heterocycles. The lowest BCUT2D eigenvalue weighted by Crippen LogP contribution is -2.29. The predicted molar refractivity (Wildman–Crippen MR) is 131 cm³/mol. The number of amides is 1. The fourth-order valence-electron chi connectivity index (χ4n) is 4.34. The fourth-order valence-corrected chi connectivity index (χ4v) is 4.34. The number of nitrogens with zero attached hydrogens (tertiary/aromatic N) is 2. The van der Waals surface area contributed by atoms with Crippen LogP contribution in [0.2, 0.25) is 0 Å². The molecule has 3 aromatic rings. The van der Waals surface area contributed by atoms with Gasteiger partial charge in [0.15, 0.2) is 11.5 Å². The number of carbonyl (C=O) groups is 2. The van der Waals surface area contributed by atoms with Crippen LogP contribution in [-0.4, -0.2) is 55.1 Å². The smallest absolute Gasteiger partial charge is 0.295 e. The summed E-state index contributed by atoms with van der Waals surface area (Å²) in [5.74, 6) is -1.99. The number of likely N-dealkylation sites (tertiary alicyclic amines) is 1. The topological polar surface area (TPSA) is 107 Å². The van der Waals surface area contributed by atoms with Gasteiger partial charge in [-0.1, -0.05) is 0 Å². The first-order chi connectivity index (χ1) is 17.8. The number of hydrogen-bond donors (Lipinski definition) is 1. The van der Waals surface area contributed by atoms with Gasteiger partial charge in [0.1, 0.15) is 17.3 Å². The monoisotopic (exact) mass is 508 g/mol. The Kier molecular flexibility index (Phi) is 7.28. The first-order valence-corrected chi connectivity index (χ1v) is 11.2. The highest BCUT2D eigenvalue weighted by Gasteiger charge is 2.47. The molecule has 0 spiro atoms. The van der Waals surface area contributed by atoms with Crippen molar-refractivity contribution >= 4 is 17.4 Å². The number of aliphatic hydroxyl groups excluding tert-OH is 1. The summed E-state index contributed by atoms with van der Waals surface area (Å²) in [6, 6.07) is 9.05. The highest BCUT2D eigenvalue weighted by atomic mass is 19.1. The minimum absolute atomic E-state index is 0.0332. The van der Waals surface area contributed by atoms with Crippen molar-refractivity contribution in [3.8, 4) is 23.0 Å². The first-order valence-electron chi connectivity index (χ1n) is 11.2. The second-order valence-corrected chi connectivity index (χ2v) is 8.09. The van der Waals surface area contributed by atoms with Crippen LogP contribution in [0.3, 0.4) is 0 Å². The molecule has 1 aromatic heterocycles. The molecule has 9 nitrogen and oxygen atoms in total. The number of benzene rings is 2. The Bertz CT molecular complexity index is 1350. The number of carbonyl (C=O) groups excluding carboxylic acids is 2. The van der Waals surface area contributed by atoms with E-state index >= 15 is 0 Å². The number of ketones is 1. The molecule has 192 valence electrons. The lowest BCUT2D eigenvalue weighted by atomic mass is 9.94. The van der Waals surface area contributed by atoms with E-state index < -0.39 is 29.3 Å². The first kappa shape index (κ1) is 25.5. The van der Waals surface area contributed by atoms with E-state index in [0.717, 1.165) is 12.1 Å². The summed E-state index contributed by atoms with van der Waals surface area (Å²) in [5.41, 5.74) is 0.802. The molecule has 1 saturated heterocycles. The fraction of sp³-hybridized carbons (Fsp3) is 0.222. The molecule has 10 heteroatoms. The molecule has 1 atom stereocenters. The number of hydrogen-bond acceptors (Lipinski definition) is 8. The predicted octanol–water partition coefficient (Wildman–Crippen LogP) is 3.88. The van der Waals surface area contributed by atoms with Gasteiger partial charge in [-0.3, -0.25) is 14.6 Å². The van der Waals surface area contributed by atoms with Gasteiger partial charge in [-0.15, -0.1) is 0 Å². The molecule has 4 rings (SSSR count). The Morgan fingerprint density at radius 3 is 2.11 bits per heavy atom. The SMILES string of the molecule is COc1ccc(F)cc1/C(O)=C1\C(=O)C(=O)N(Cc2ccncc2)C1c1cc(OC)c(OC)c(OC)c1. The van der Waals surface area contributed by atoms with Gasteiger partial charge >= 0.3 is 0 Å². The van der Waals surface area contributed by atoms with Crippen LogP contribution in [0.1, 0.15) is 22.7 Å². The van der Waals surface area contributed by atoms with Crippen molar-refractivity contribution in [1.29, 1.82) is 0 Å². The number of aromatic nitrogens is 1. The number of pyridine rings is 1. The molecule has 1 N–H and O–H groups in total. The van der Waals surface area contributed by atoms with Crippen molar-refractivity contribution in [3.05, 3.63) is 82.9 Å². The summed E-state index contributed by atoms with van der Waals surface area (Å²) in [6.07, 6.45) is 3.13. The summed E-state index contributed by atoms with van der Waals surface area (Å²) < 4.78 is 35.8. The quantitative estimate of drug-likeness (QED) is 0.278. The summed E-state index contributed by atoms with van der Waals surface area (Å²) in [5, 5.41) is 11.4. The third kappa shape index (κ3) is 4.65. The number of Topliss-reactive ketones (excluding diaryl/α,β-unsaturated/α-hetero) is 1. The largest absolute Gasteiger partial charge is 0.507 e. The van der Waals surface area contributed by atoms with Gasteiger partial charge < -0.3 is 29.0 Å². The second kappa shape index (κ2) is 10.6. The van der Waals surface area contributed by atoms with Crippen molar-refractivity contribution in [2.45, 2.75) is 12.6 Å². The average molecular weight is 509 g/mol. The molecule has 1 aliphatic rings. The number of aliphatic hydroxyl groups is 1. The van der Waals surface area contributed by atoms with Crippen molar-refractivity contribution in [2.75, 3.05) is 28.4 Å². The summed E-state index contributed by atoms with van der Waals surface area (Å²) >= 11 is 0. The number of ether oxygens (including phenoxy) is 4. The second-order valence-electron chi connectivity index (χ2n) is 8.09. The van der Waals surface area contributed by atoms with Crippen molar-refractivity contribution in [3.63, 3.8) is 0 Å². The Labute approximate surface area is 212 Å². The van der Waals surface area contributed by atoms with Gasteiger partial charge in [0.2, 0.25) is 5.75 Å². The number of methoxy groups -OCH3 is 4. The van der Waals surface area contributed by atoms with Crippen LogP contribution >= 0.6 is 0 Å². The Balaban J connectivity index is 1.99. The third-order valence-electron chi connectivity index (χ3n) is 6.06. The zero-order chi connectivity index (χ0) is 26.7. The highest BCUT2D eigenvalue weighted by Crippen LogP contribution is 2.46. The van der Waals surface area contributed by atoms with Gasteiger partial charge in [-0.2, -0.15) is 0 Å². The van der Waals surface area contributed by atoms with E-state index in [1.165, 1.54) is 39.4 Å². The molecule has 1 aliphatic heterocycles. The third-order valence-corrected chi connectivity index (χ3v) is 6.06. The van der Waals surface area contributed by atoms with Gasteiger partial charge in [-0.05, 0) is 53.6 Å². The molecule has 0 bridgehead atoms. The maximum atomic E-state index is 14.2. The molecule has 0 aliphatic carbocycles. The molecular weight excluding hydrogens is 483 g/mol. The van der Waals surface area contributed by atoms with E-state index in [0.29, 0.717) is 16.9 Å². The van der Waals surface area contributed by atoms with E-state index in [-0.39, 0.29) is 34.9 Å². The summed E-state index contributed by atoms with van der Waals surface area (Å²) in [7, 11) is 5.67. The average Bonchev–Trinajstić information content (AvgIpc) is 3.17. The van der Waals surface area contributed by atoms with E-state index in [9.17, 15) is 19.1 Å². The molecule has 1 fully saturated rings. The Morgan fingerprint density at radius 1 is 0.919 bits per heavy atom.